The molecule has 3 rings (SSSR count). The van der Waals surface area contributed by atoms with Crippen LogP contribution in [0.1, 0.15) is 25.3 Å². The smallest absolute Gasteiger partial charge is 0.145 e. The van der Waals surface area contributed by atoms with Crippen LogP contribution in [0.15, 0.2) is 36.8 Å². The topological polar surface area (TPSA) is 46.5 Å². The van der Waals surface area contributed by atoms with Crippen LogP contribution in [-0.2, 0) is 0 Å². The maximum Gasteiger partial charge on any atom is 0.145 e. The first-order chi connectivity index (χ1) is 9.16. The summed E-state index contributed by atoms with van der Waals surface area (Å²) in [5.74, 6) is 0.526. The zero-order valence-electron chi connectivity index (χ0n) is 10.8. The molecule has 96 valence electrons. The lowest BCUT2D eigenvalue weighted by atomic mass is 10.0. The van der Waals surface area contributed by atoms with Crippen LogP contribution >= 0.6 is 12.2 Å². The van der Waals surface area contributed by atoms with Crippen molar-refractivity contribution in [3.63, 3.8) is 0 Å². The van der Waals surface area contributed by atoms with E-state index in [-0.39, 0.29) is 0 Å². The predicted octanol–water partition coefficient (Wildman–Crippen LogP) is 3.60. The maximum absolute atomic E-state index is 5.19. The van der Waals surface area contributed by atoms with Crippen molar-refractivity contribution in [3.8, 4) is 5.69 Å². The van der Waals surface area contributed by atoms with E-state index in [2.05, 4.69) is 53.2 Å². The SMILES string of the molecule is CC(C)c1ccc(-n2ncc3c(=S)nc[nH]c32)cc1. The number of hydrogen-bond donors (Lipinski definition) is 1. The van der Waals surface area contributed by atoms with Gasteiger partial charge in [-0.25, -0.2) is 9.67 Å². The molecule has 2 heterocycles. The lowest BCUT2D eigenvalue weighted by Gasteiger charge is -2.07. The number of nitrogens with zero attached hydrogens (tertiary/aromatic N) is 3. The quantitative estimate of drug-likeness (QED) is 0.724. The first kappa shape index (κ1) is 12.0. The standard InChI is InChI=1S/C14H14N4S/c1-9(2)10-3-5-11(6-4-10)18-13-12(7-17-18)14(19)16-8-15-13/h3-9H,1-2H3,(H,15,16,19). The van der Waals surface area contributed by atoms with Crippen LogP contribution in [0.5, 0.6) is 0 Å². The third kappa shape index (κ3) is 2.06. The van der Waals surface area contributed by atoms with Gasteiger partial charge in [-0.05, 0) is 23.6 Å². The van der Waals surface area contributed by atoms with E-state index >= 15 is 0 Å². The molecule has 3 aromatic rings. The zero-order valence-corrected chi connectivity index (χ0v) is 11.6. The number of rotatable bonds is 2. The fourth-order valence-electron chi connectivity index (χ4n) is 2.06. The van der Waals surface area contributed by atoms with Crippen molar-refractivity contribution in [2.75, 3.05) is 0 Å². The Morgan fingerprint density at radius 3 is 2.63 bits per heavy atom. The molecule has 0 amide bonds. The van der Waals surface area contributed by atoms with Gasteiger partial charge < -0.3 is 4.98 Å². The van der Waals surface area contributed by atoms with Crippen molar-refractivity contribution < 1.29 is 0 Å². The van der Waals surface area contributed by atoms with E-state index in [4.69, 9.17) is 12.2 Å². The molecule has 5 heteroatoms. The van der Waals surface area contributed by atoms with Gasteiger partial charge in [-0.3, -0.25) is 0 Å². The summed E-state index contributed by atoms with van der Waals surface area (Å²) in [5, 5.41) is 5.25. The van der Waals surface area contributed by atoms with Crippen LogP contribution < -0.4 is 0 Å². The second-order valence-corrected chi connectivity index (χ2v) is 5.16. The van der Waals surface area contributed by atoms with Gasteiger partial charge in [-0.15, -0.1) is 0 Å². The fourth-order valence-corrected chi connectivity index (χ4v) is 2.26. The summed E-state index contributed by atoms with van der Waals surface area (Å²) in [5.41, 5.74) is 3.20. The minimum atomic E-state index is 0.526. The highest BCUT2D eigenvalue weighted by atomic mass is 32.1. The van der Waals surface area contributed by atoms with E-state index < -0.39 is 0 Å². The Balaban J connectivity index is 2.14. The van der Waals surface area contributed by atoms with Crippen LogP contribution in [0.4, 0.5) is 0 Å². The van der Waals surface area contributed by atoms with E-state index in [1.54, 1.807) is 12.5 Å². The molecule has 0 saturated heterocycles. The second kappa shape index (κ2) is 4.59. The zero-order chi connectivity index (χ0) is 13.4. The maximum atomic E-state index is 5.19. The van der Waals surface area contributed by atoms with Crippen LogP contribution in [0, 0.1) is 4.64 Å². The Morgan fingerprint density at radius 1 is 1.21 bits per heavy atom. The van der Waals surface area contributed by atoms with Crippen molar-refractivity contribution in [3.05, 3.63) is 47.0 Å². The Kier molecular flexibility index (Phi) is 2.91. The van der Waals surface area contributed by atoms with E-state index in [9.17, 15) is 0 Å². The Morgan fingerprint density at radius 2 is 1.95 bits per heavy atom. The van der Waals surface area contributed by atoms with Crippen LogP contribution in [0.25, 0.3) is 16.7 Å². The van der Waals surface area contributed by atoms with Gasteiger partial charge in [0.1, 0.15) is 10.3 Å². The van der Waals surface area contributed by atoms with Gasteiger partial charge in [-0.2, -0.15) is 5.10 Å². The van der Waals surface area contributed by atoms with Crippen molar-refractivity contribution in [2.24, 2.45) is 0 Å². The Bertz CT molecular complexity index is 768. The van der Waals surface area contributed by atoms with Crippen LogP contribution in [0.2, 0.25) is 0 Å². The summed E-state index contributed by atoms with van der Waals surface area (Å²) >= 11 is 5.19. The molecule has 0 bridgehead atoms. The van der Waals surface area contributed by atoms with E-state index in [0.717, 1.165) is 16.7 Å². The second-order valence-electron chi connectivity index (χ2n) is 4.77. The molecular weight excluding hydrogens is 256 g/mol. The van der Waals surface area contributed by atoms with Crippen LogP contribution in [0.3, 0.4) is 0 Å². The molecule has 1 N–H and O–H groups in total. The van der Waals surface area contributed by atoms with Crippen molar-refractivity contribution in [1.82, 2.24) is 19.7 Å². The Hall–Kier alpha value is -2.01. The summed E-state index contributed by atoms with van der Waals surface area (Å²) < 4.78 is 2.41. The molecule has 0 spiro atoms. The number of nitrogens with one attached hydrogen (secondary N) is 1. The number of aromatic amines is 1. The highest BCUT2D eigenvalue weighted by molar-refractivity contribution is 7.71. The molecule has 0 atom stereocenters. The lowest BCUT2D eigenvalue weighted by Crippen LogP contribution is -1.98. The van der Waals surface area contributed by atoms with Crippen molar-refractivity contribution in [2.45, 2.75) is 19.8 Å². The first-order valence-corrected chi connectivity index (χ1v) is 6.59. The summed E-state index contributed by atoms with van der Waals surface area (Å²) in [6.45, 7) is 4.36. The monoisotopic (exact) mass is 270 g/mol. The lowest BCUT2D eigenvalue weighted by molar-refractivity contribution is 0.858. The average molecular weight is 270 g/mol. The molecular formula is C14H14N4S. The normalized spacial score (nSPS) is 11.3. The van der Waals surface area contributed by atoms with Crippen LogP contribution in [-0.4, -0.2) is 19.7 Å². The number of fused-ring (bicyclic) bond motifs is 1. The van der Waals surface area contributed by atoms with E-state index in [1.165, 1.54) is 5.56 Å². The van der Waals surface area contributed by atoms with Gasteiger partial charge in [0.05, 0.1) is 23.6 Å². The van der Waals surface area contributed by atoms with E-state index in [0.29, 0.717) is 10.6 Å². The molecule has 0 aliphatic heterocycles. The third-order valence-electron chi connectivity index (χ3n) is 3.19. The van der Waals surface area contributed by atoms with Gasteiger partial charge >= 0.3 is 0 Å². The minimum Gasteiger partial charge on any atom is -0.330 e. The highest BCUT2D eigenvalue weighted by Crippen LogP contribution is 2.19. The van der Waals surface area contributed by atoms with Gasteiger partial charge in [0.25, 0.3) is 0 Å². The molecule has 19 heavy (non-hydrogen) atoms. The molecule has 0 aliphatic carbocycles. The summed E-state index contributed by atoms with van der Waals surface area (Å²) in [7, 11) is 0. The summed E-state index contributed by atoms with van der Waals surface area (Å²) in [6.07, 6.45) is 3.35. The Labute approximate surface area is 116 Å². The summed E-state index contributed by atoms with van der Waals surface area (Å²) in [6, 6.07) is 8.39. The molecule has 1 aromatic carbocycles. The average Bonchev–Trinajstić information content (AvgIpc) is 2.84. The van der Waals surface area contributed by atoms with E-state index in [1.807, 2.05) is 4.68 Å². The third-order valence-corrected chi connectivity index (χ3v) is 3.51. The fraction of sp³-hybridized carbons (Fsp3) is 0.214. The largest absolute Gasteiger partial charge is 0.330 e. The number of hydrogen-bond acceptors (Lipinski definition) is 3. The molecule has 2 aromatic heterocycles. The number of H-pyrrole nitrogens is 1. The number of aromatic nitrogens is 4. The predicted molar refractivity (Wildman–Crippen MR) is 78.1 cm³/mol. The van der Waals surface area contributed by atoms with Crippen molar-refractivity contribution >= 4 is 23.3 Å². The van der Waals surface area contributed by atoms with Gasteiger partial charge in [0.2, 0.25) is 0 Å². The van der Waals surface area contributed by atoms with Gasteiger partial charge in [0.15, 0.2) is 0 Å². The highest BCUT2D eigenvalue weighted by Gasteiger charge is 2.07. The van der Waals surface area contributed by atoms with Gasteiger partial charge in [-0.1, -0.05) is 38.2 Å². The molecule has 0 saturated carbocycles. The molecule has 0 unspecified atom stereocenters. The first-order valence-electron chi connectivity index (χ1n) is 6.18. The molecule has 0 aliphatic rings. The van der Waals surface area contributed by atoms with Crippen molar-refractivity contribution in [1.29, 1.82) is 0 Å². The van der Waals surface area contributed by atoms with Gasteiger partial charge in [0, 0.05) is 0 Å². The molecule has 0 radical (unpaired) electrons. The minimum absolute atomic E-state index is 0.526. The number of benzene rings is 1. The molecule has 0 fully saturated rings. The molecule has 4 nitrogen and oxygen atoms in total. The summed E-state index contributed by atoms with van der Waals surface area (Å²) in [4.78, 5) is 7.16.